The van der Waals surface area contributed by atoms with Crippen LogP contribution in [-0.2, 0) is 51.9 Å². The summed E-state index contributed by atoms with van der Waals surface area (Å²) in [6, 6.07) is 77.4. The maximum Gasteiger partial charge on any atom is 0.223 e. The molecule has 4 N–H and O–H groups in total. The highest BCUT2D eigenvalue weighted by Crippen LogP contribution is 2.46. The molecule has 20 aromatic rings. The molecule has 0 radical (unpaired) electrons. The van der Waals surface area contributed by atoms with Gasteiger partial charge in [-0.25, -0.2) is 77.4 Å². The quantitative estimate of drug-likeness (QED) is 0.0291. The molecule has 4 aliphatic heterocycles. The van der Waals surface area contributed by atoms with Crippen molar-refractivity contribution in [2.45, 2.75) is 142 Å². The van der Waals surface area contributed by atoms with Crippen molar-refractivity contribution in [2.24, 2.45) is 0 Å². The summed E-state index contributed by atoms with van der Waals surface area (Å²) in [4.78, 5) is 56.9. The van der Waals surface area contributed by atoms with Crippen LogP contribution in [0.5, 0.6) is 0 Å². The molecular weight excluding hydrogens is 1730 g/mol. The van der Waals surface area contributed by atoms with E-state index < -0.39 is 0 Å². The van der Waals surface area contributed by atoms with Crippen molar-refractivity contribution in [1.29, 1.82) is 0 Å². The molecule has 12 aromatic heterocycles. The van der Waals surface area contributed by atoms with Gasteiger partial charge in [-0.05, 0) is 237 Å². The van der Waals surface area contributed by atoms with Crippen LogP contribution in [0.2, 0.25) is 0 Å². The number of benzene rings is 8. The van der Waals surface area contributed by atoms with Gasteiger partial charge in [0.1, 0.15) is 46.6 Å². The summed E-state index contributed by atoms with van der Waals surface area (Å²) in [7, 11) is 1.81. The van der Waals surface area contributed by atoms with E-state index in [4.69, 9.17) is 39.9 Å². The number of fused-ring (bicyclic) bond motifs is 8. The first-order chi connectivity index (χ1) is 67.8. The predicted octanol–water partition coefficient (Wildman–Crippen LogP) is 23.7. The predicted molar refractivity (Wildman–Crippen MR) is 538 cm³/mol. The molecule has 692 valence electrons. The number of hydrogen-bond donors (Lipinski definition) is 4. The molecule has 0 spiro atoms. The standard InChI is InChI=1S/C29H29FN6.C28H27FN6.C27H25FN6.C26H23FN6/c1-2-3-16-31-29-32-17-14-24(33-29)28-27(21-8-10-22(30)11-9-21)34-26-13-12-23(36(26)28)19-35-18-15-20-6-4-5-7-25(20)35;1-2-15-30-28-31-16-13-23(32-28)27-26(20-7-9-21(29)10-8-20)33-25-12-11-22(35(25)27)18-34-17-14-19-5-3-4-6-24(19)34;1-2-29-27-30-15-13-22(31-27)26-25(19-7-9-20(28)10-8-19)32-24-12-11-21(34(24)26)17-33-16-14-18-5-3-4-6-23(18)33;1-28-26-29-14-12-21(30-26)25-24(18-6-8-19(27)9-7-18)31-23-11-10-20(33(23)25)16-32-15-13-17-4-2-3-5-22(17)32/h4-11,14-15,17-18,23H,2-3,12-13,16,19H2,1H3,(H,31,32,33);3-10,13-14,16-17,22H,2,11-12,15,18H2,1H3,(H,30,31,32);3-10,13-16,21H,2,11-12,17H2,1H3,(H,29,30,31);2-9,12-15,20H,10-11,16H2,1H3,(H,28,29,30)/t23-;22-;21-;20-/m0000/s1. The van der Waals surface area contributed by atoms with E-state index in [9.17, 15) is 17.6 Å². The Kier molecular flexibility index (Phi) is 25.4. The molecule has 8 aromatic carbocycles. The first-order valence-electron chi connectivity index (χ1n) is 47.7. The van der Waals surface area contributed by atoms with Crippen LogP contribution in [0.1, 0.15) is 113 Å². The second kappa shape index (κ2) is 39.5. The average Bonchev–Trinajstić information content (AvgIpc) is 1.60. The molecule has 24 nitrogen and oxygen atoms in total. The molecule has 0 saturated carbocycles. The zero-order valence-electron chi connectivity index (χ0n) is 77.2. The van der Waals surface area contributed by atoms with Gasteiger partial charge in [0.25, 0.3) is 0 Å². The molecule has 0 unspecified atom stereocenters. The van der Waals surface area contributed by atoms with E-state index in [1.54, 1.807) is 80.4 Å². The van der Waals surface area contributed by atoms with Crippen LogP contribution in [-0.4, -0.2) is 123 Å². The minimum Gasteiger partial charge on any atom is -0.357 e. The van der Waals surface area contributed by atoms with Gasteiger partial charge < -0.3 is 57.8 Å². The number of anilines is 4. The van der Waals surface area contributed by atoms with Gasteiger partial charge in [-0.2, -0.15) is 0 Å². The van der Waals surface area contributed by atoms with Gasteiger partial charge in [-0.15, -0.1) is 0 Å². The Morgan fingerprint density at radius 1 is 0.290 bits per heavy atom. The fourth-order valence-corrected chi connectivity index (χ4v) is 20.0. The van der Waals surface area contributed by atoms with Gasteiger partial charge in [0, 0.05) is 172 Å². The van der Waals surface area contributed by atoms with Crippen LogP contribution in [0, 0.1) is 23.3 Å². The van der Waals surface area contributed by atoms with E-state index >= 15 is 0 Å². The third-order valence-corrected chi connectivity index (χ3v) is 26.5. The average molecular weight is 1840 g/mol. The van der Waals surface area contributed by atoms with Crippen molar-refractivity contribution < 1.29 is 17.6 Å². The lowest BCUT2D eigenvalue weighted by Gasteiger charge is -2.19. The molecule has 16 heterocycles. The summed E-state index contributed by atoms with van der Waals surface area (Å²) in [5, 5.41) is 17.8. The molecule has 28 heteroatoms. The van der Waals surface area contributed by atoms with E-state index in [0.29, 0.717) is 23.8 Å². The number of hydrogen-bond acceptors (Lipinski definition) is 16. The van der Waals surface area contributed by atoms with Crippen LogP contribution >= 0.6 is 0 Å². The molecule has 24 rings (SSSR count). The molecule has 0 amide bonds. The first-order valence-corrected chi connectivity index (χ1v) is 47.7. The maximum absolute atomic E-state index is 13.7. The second-order valence-corrected chi connectivity index (χ2v) is 35.3. The van der Waals surface area contributed by atoms with Crippen LogP contribution in [0.3, 0.4) is 0 Å². The number of nitrogens with one attached hydrogen (secondary N) is 4. The minimum atomic E-state index is -0.260. The van der Waals surface area contributed by atoms with E-state index in [-0.39, 0.29) is 47.4 Å². The SMILES string of the molecule is CCCCNc1nccc(-c2c(-c3ccc(F)cc3)nc3n2[C@H](Cn2ccc4ccccc42)CC3)n1.CCCNc1nccc(-c2c(-c3ccc(F)cc3)nc3n2[C@H](Cn2ccc4ccccc42)CC3)n1.CCNc1nccc(-c2c(-c3ccc(F)cc3)nc3n2[C@H](Cn2ccc4ccccc42)CC3)n1.CNc1nccc(-c2c(-c3ccc(F)cc3)nc3n2[C@H](Cn2ccc4ccccc42)CC3)n1. The molecule has 0 fully saturated rings. The molecule has 0 bridgehead atoms. The number of unbranched alkanes of at least 4 members (excludes halogenated alkanes) is 1. The lowest BCUT2D eigenvalue weighted by molar-refractivity contribution is 0.459. The van der Waals surface area contributed by atoms with Crippen LogP contribution in [0.15, 0.2) is 292 Å². The zero-order chi connectivity index (χ0) is 93.7. The third-order valence-electron chi connectivity index (χ3n) is 26.5. The van der Waals surface area contributed by atoms with Crippen molar-refractivity contribution in [3.63, 3.8) is 0 Å². The minimum absolute atomic E-state index is 0.235. The highest BCUT2D eigenvalue weighted by atomic mass is 19.1. The number of imidazole rings is 4. The molecular formula is C110H104F4N24. The van der Waals surface area contributed by atoms with Crippen molar-refractivity contribution >= 4 is 67.4 Å². The molecule has 0 saturated heterocycles. The molecule has 4 atom stereocenters. The fourth-order valence-electron chi connectivity index (χ4n) is 20.0. The van der Waals surface area contributed by atoms with Crippen molar-refractivity contribution in [1.82, 2.24) is 96.3 Å². The van der Waals surface area contributed by atoms with Gasteiger partial charge in [0.2, 0.25) is 23.8 Å². The summed E-state index contributed by atoms with van der Waals surface area (Å²) in [5.41, 5.74) is 18.9. The normalized spacial score (nSPS) is 15.0. The number of rotatable bonds is 26. The Labute approximate surface area is 795 Å². The Hall–Kier alpha value is -16.0. The summed E-state index contributed by atoms with van der Waals surface area (Å²) < 4.78 is 73.4. The van der Waals surface area contributed by atoms with Crippen molar-refractivity contribution in [3.05, 3.63) is 339 Å². The fraction of sp³-hybridized carbons (Fsp3) is 0.236. The summed E-state index contributed by atoms with van der Waals surface area (Å²) in [6.45, 7) is 12.1. The van der Waals surface area contributed by atoms with Crippen molar-refractivity contribution in [2.75, 3.05) is 47.9 Å². The zero-order valence-corrected chi connectivity index (χ0v) is 77.2. The Balaban J connectivity index is 0.000000110. The van der Waals surface area contributed by atoms with Gasteiger partial charge in [0.05, 0.1) is 92.5 Å². The summed E-state index contributed by atoms with van der Waals surface area (Å²) in [6.07, 6.45) is 26.5. The summed E-state index contributed by atoms with van der Waals surface area (Å²) >= 11 is 0. The number of para-hydroxylation sites is 4. The number of aryl methyl sites for hydroxylation is 4. The van der Waals surface area contributed by atoms with E-state index in [2.05, 4.69) is 238 Å². The lowest BCUT2D eigenvalue weighted by atomic mass is 10.1. The topological polar surface area (TPSA) is 242 Å². The van der Waals surface area contributed by atoms with Gasteiger partial charge >= 0.3 is 0 Å². The first kappa shape index (κ1) is 88.6. The number of halogens is 4. The number of nitrogens with zero attached hydrogens (tertiary/aromatic N) is 20. The smallest absolute Gasteiger partial charge is 0.223 e. The molecule has 4 aliphatic rings. The van der Waals surface area contributed by atoms with Crippen LogP contribution < -0.4 is 21.3 Å². The Morgan fingerprint density at radius 3 is 0.833 bits per heavy atom. The van der Waals surface area contributed by atoms with Crippen molar-refractivity contribution in [3.8, 4) is 90.6 Å². The monoisotopic (exact) mass is 1840 g/mol. The largest absolute Gasteiger partial charge is 0.357 e. The Morgan fingerprint density at radius 2 is 0.558 bits per heavy atom. The van der Waals surface area contributed by atoms with Gasteiger partial charge in [0.15, 0.2) is 0 Å². The highest BCUT2D eigenvalue weighted by Gasteiger charge is 2.37. The third kappa shape index (κ3) is 18.1. The lowest BCUT2D eigenvalue weighted by Crippen LogP contribution is -2.14. The van der Waals surface area contributed by atoms with E-state index in [1.165, 1.54) is 92.1 Å². The summed E-state index contributed by atoms with van der Waals surface area (Å²) in [5.74, 6) is 5.51. The highest BCUT2D eigenvalue weighted by molar-refractivity contribution is 5.86. The van der Waals surface area contributed by atoms with Gasteiger partial charge in [-0.3, -0.25) is 0 Å². The number of aromatic nitrogens is 20. The maximum atomic E-state index is 13.7. The van der Waals surface area contributed by atoms with Crippen LogP contribution in [0.4, 0.5) is 41.4 Å². The Bertz CT molecular complexity index is 7710. The molecule has 138 heavy (non-hydrogen) atoms. The van der Waals surface area contributed by atoms with E-state index in [1.807, 2.05) is 31.2 Å². The second-order valence-electron chi connectivity index (χ2n) is 35.3. The van der Waals surface area contributed by atoms with Crippen LogP contribution in [0.25, 0.3) is 134 Å². The van der Waals surface area contributed by atoms with Gasteiger partial charge in [-0.1, -0.05) is 93.1 Å². The van der Waals surface area contributed by atoms with E-state index in [0.717, 1.165) is 230 Å². The molecule has 0 aliphatic carbocycles.